The molecule has 122 valence electrons. The van der Waals surface area contributed by atoms with Gasteiger partial charge in [-0.3, -0.25) is 4.98 Å². The van der Waals surface area contributed by atoms with E-state index in [-0.39, 0.29) is 0 Å². The van der Waals surface area contributed by atoms with Gasteiger partial charge in [-0.25, -0.2) is 4.98 Å². The highest BCUT2D eigenvalue weighted by molar-refractivity contribution is 6.30. The van der Waals surface area contributed by atoms with Crippen molar-refractivity contribution in [2.75, 3.05) is 20.2 Å². The zero-order chi connectivity index (χ0) is 16.1. The lowest BCUT2D eigenvalue weighted by atomic mass is 10.1. The second kappa shape index (κ2) is 7.75. The molecule has 0 N–H and O–H groups in total. The summed E-state index contributed by atoms with van der Waals surface area (Å²) in [6.07, 6.45) is 9.55. The van der Waals surface area contributed by atoms with Gasteiger partial charge in [-0.05, 0) is 68.6 Å². The summed E-state index contributed by atoms with van der Waals surface area (Å²) in [5, 5.41) is 0.560. The average Bonchev–Trinajstić information content (AvgIpc) is 2.99. The highest BCUT2D eigenvalue weighted by Gasteiger charge is 2.21. The molecule has 0 spiro atoms. The van der Waals surface area contributed by atoms with Crippen LogP contribution in [0.5, 0.6) is 5.75 Å². The summed E-state index contributed by atoms with van der Waals surface area (Å²) in [4.78, 5) is 10.7. The molecule has 1 fully saturated rings. The molecule has 1 atom stereocenters. The molecule has 0 radical (unpaired) electrons. The number of nitrogens with zero attached hydrogens (tertiary/aromatic N) is 3. The quantitative estimate of drug-likeness (QED) is 0.760. The molecule has 0 aliphatic carbocycles. The van der Waals surface area contributed by atoms with Gasteiger partial charge in [0.15, 0.2) is 0 Å². The highest BCUT2D eigenvalue weighted by Crippen LogP contribution is 2.22. The molecular formula is C18H22ClN3O. The number of likely N-dealkylation sites (tertiary alicyclic amines) is 1. The lowest BCUT2D eigenvalue weighted by Gasteiger charge is -2.19. The number of aromatic nitrogens is 2. The summed E-state index contributed by atoms with van der Waals surface area (Å²) >= 11 is 6.23. The Kier molecular flexibility index (Phi) is 5.47. The van der Waals surface area contributed by atoms with Crippen LogP contribution in [0.15, 0.2) is 36.8 Å². The Morgan fingerprint density at radius 1 is 1.30 bits per heavy atom. The van der Waals surface area contributed by atoms with Crippen molar-refractivity contribution in [1.82, 2.24) is 14.9 Å². The first-order valence-corrected chi connectivity index (χ1v) is 8.46. The van der Waals surface area contributed by atoms with Gasteiger partial charge < -0.3 is 9.64 Å². The van der Waals surface area contributed by atoms with E-state index in [9.17, 15) is 0 Å². The number of likely N-dealkylation sites (N-methyl/N-ethyl adjacent to an activating group) is 1. The molecule has 1 saturated heterocycles. The second-order valence-electron chi connectivity index (χ2n) is 6.06. The highest BCUT2D eigenvalue weighted by atomic mass is 35.5. The molecule has 23 heavy (non-hydrogen) atoms. The Morgan fingerprint density at radius 3 is 2.87 bits per heavy atom. The van der Waals surface area contributed by atoms with E-state index in [4.69, 9.17) is 16.3 Å². The summed E-state index contributed by atoms with van der Waals surface area (Å²) in [6, 6.07) is 6.58. The van der Waals surface area contributed by atoms with Crippen LogP contribution in [0.1, 0.15) is 24.0 Å². The van der Waals surface area contributed by atoms with Crippen molar-refractivity contribution in [1.29, 1.82) is 0 Å². The maximum atomic E-state index is 6.23. The van der Waals surface area contributed by atoms with Crippen LogP contribution in [-0.4, -0.2) is 41.1 Å². The van der Waals surface area contributed by atoms with Crippen molar-refractivity contribution in [2.45, 2.75) is 31.7 Å². The first-order chi connectivity index (χ1) is 11.2. The summed E-state index contributed by atoms with van der Waals surface area (Å²) in [5.74, 6) is 0.805. The monoisotopic (exact) mass is 331 g/mol. The standard InChI is InChI=1S/C18H22ClN3O/c1-22-10-2-3-16(22)13-23-17-11-15(18(19)21-12-17)5-4-14-6-8-20-9-7-14/h6-9,11-12,16H,2-5,10,13H2,1H3/t16-/m0/s1. The van der Waals surface area contributed by atoms with E-state index in [0.717, 1.165) is 30.7 Å². The van der Waals surface area contributed by atoms with Crippen molar-refractivity contribution in [3.05, 3.63) is 53.1 Å². The van der Waals surface area contributed by atoms with Gasteiger partial charge in [0.05, 0.1) is 6.20 Å². The number of rotatable bonds is 6. The van der Waals surface area contributed by atoms with Crippen LogP contribution in [0.2, 0.25) is 5.15 Å². The predicted octanol–water partition coefficient (Wildman–Crippen LogP) is 3.39. The van der Waals surface area contributed by atoms with Gasteiger partial charge in [-0.15, -0.1) is 0 Å². The van der Waals surface area contributed by atoms with Crippen LogP contribution >= 0.6 is 11.6 Å². The minimum absolute atomic E-state index is 0.506. The largest absolute Gasteiger partial charge is 0.490 e. The van der Waals surface area contributed by atoms with Gasteiger partial charge in [0, 0.05) is 18.4 Å². The van der Waals surface area contributed by atoms with Gasteiger partial charge >= 0.3 is 0 Å². The van der Waals surface area contributed by atoms with Crippen molar-refractivity contribution >= 4 is 11.6 Å². The van der Waals surface area contributed by atoms with Gasteiger partial charge in [0.1, 0.15) is 17.5 Å². The first-order valence-electron chi connectivity index (χ1n) is 8.09. The molecule has 0 aromatic carbocycles. The van der Waals surface area contributed by atoms with E-state index in [2.05, 4.69) is 21.9 Å². The number of halogens is 1. The Morgan fingerprint density at radius 2 is 2.13 bits per heavy atom. The van der Waals surface area contributed by atoms with Gasteiger partial charge in [0.2, 0.25) is 0 Å². The van der Waals surface area contributed by atoms with Crippen LogP contribution in [0.25, 0.3) is 0 Å². The number of ether oxygens (including phenoxy) is 1. The number of pyridine rings is 2. The van der Waals surface area contributed by atoms with Crippen molar-refractivity contribution in [3.8, 4) is 5.75 Å². The third-order valence-corrected chi connectivity index (χ3v) is 4.77. The molecule has 3 rings (SSSR count). The van der Waals surface area contributed by atoms with E-state index < -0.39 is 0 Å². The molecule has 0 saturated carbocycles. The Labute approximate surface area is 142 Å². The van der Waals surface area contributed by atoms with E-state index >= 15 is 0 Å². The molecule has 0 amide bonds. The number of hydrogen-bond acceptors (Lipinski definition) is 4. The minimum Gasteiger partial charge on any atom is -0.490 e. The fourth-order valence-corrected chi connectivity index (χ4v) is 3.13. The summed E-state index contributed by atoms with van der Waals surface area (Å²) in [6.45, 7) is 1.87. The molecule has 0 unspecified atom stereocenters. The van der Waals surface area contributed by atoms with Crippen LogP contribution in [-0.2, 0) is 12.8 Å². The lowest BCUT2D eigenvalue weighted by molar-refractivity contribution is 0.197. The van der Waals surface area contributed by atoms with Crippen molar-refractivity contribution in [3.63, 3.8) is 0 Å². The maximum Gasteiger partial charge on any atom is 0.138 e. The first kappa shape index (κ1) is 16.2. The lowest BCUT2D eigenvalue weighted by Crippen LogP contribution is -2.30. The fourth-order valence-electron chi connectivity index (χ4n) is 2.94. The van der Waals surface area contributed by atoms with Crippen LogP contribution in [0.4, 0.5) is 0 Å². The van der Waals surface area contributed by atoms with Crippen LogP contribution in [0.3, 0.4) is 0 Å². The summed E-state index contributed by atoms with van der Waals surface area (Å²) in [7, 11) is 2.15. The Balaban J connectivity index is 1.59. The topological polar surface area (TPSA) is 38.2 Å². The molecular weight excluding hydrogens is 310 g/mol. The zero-order valence-corrected chi connectivity index (χ0v) is 14.2. The summed E-state index contributed by atoms with van der Waals surface area (Å²) in [5.41, 5.74) is 2.27. The number of hydrogen-bond donors (Lipinski definition) is 0. The molecule has 2 aromatic heterocycles. The normalized spacial score (nSPS) is 18.3. The van der Waals surface area contributed by atoms with E-state index in [1.807, 2.05) is 30.6 Å². The van der Waals surface area contributed by atoms with E-state index in [0.29, 0.717) is 17.8 Å². The molecule has 1 aliphatic heterocycles. The third kappa shape index (κ3) is 4.43. The molecule has 3 heterocycles. The zero-order valence-electron chi connectivity index (χ0n) is 13.4. The van der Waals surface area contributed by atoms with E-state index in [1.54, 1.807) is 6.20 Å². The van der Waals surface area contributed by atoms with Gasteiger partial charge in [-0.1, -0.05) is 11.6 Å². The molecule has 5 heteroatoms. The van der Waals surface area contributed by atoms with Crippen LogP contribution in [0, 0.1) is 0 Å². The minimum atomic E-state index is 0.506. The van der Waals surface area contributed by atoms with Crippen molar-refractivity contribution in [2.24, 2.45) is 0 Å². The van der Waals surface area contributed by atoms with Crippen LogP contribution < -0.4 is 4.74 Å². The predicted molar refractivity (Wildman–Crippen MR) is 92.0 cm³/mol. The van der Waals surface area contributed by atoms with E-state index in [1.165, 1.54) is 18.4 Å². The fraction of sp³-hybridized carbons (Fsp3) is 0.444. The Bertz CT molecular complexity index is 635. The molecule has 0 bridgehead atoms. The Hall–Kier alpha value is -1.65. The smallest absolute Gasteiger partial charge is 0.138 e. The SMILES string of the molecule is CN1CCC[C@H]1COc1cnc(Cl)c(CCc2ccncc2)c1. The van der Waals surface area contributed by atoms with Crippen molar-refractivity contribution < 1.29 is 4.74 Å². The molecule has 1 aliphatic rings. The second-order valence-corrected chi connectivity index (χ2v) is 6.42. The third-order valence-electron chi connectivity index (χ3n) is 4.43. The molecule has 2 aromatic rings. The molecule has 4 nitrogen and oxygen atoms in total. The van der Waals surface area contributed by atoms with Gasteiger partial charge in [-0.2, -0.15) is 0 Å². The van der Waals surface area contributed by atoms with Gasteiger partial charge in [0.25, 0.3) is 0 Å². The maximum absolute atomic E-state index is 6.23. The average molecular weight is 332 g/mol. The summed E-state index contributed by atoms with van der Waals surface area (Å²) < 4.78 is 5.94. The number of aryl methyl sites for hydroxylation is 2.